The second-order valence-electron chi connectivity index (χ2n) is 3.51. The summed E-state index contributed by atoms with van der Waals surface area (Å²) >= 11 is 6.05. The van der Waals surface area contributed by atoms with E-state index in [9.17, 15) is 5.11 Å². The standard InChI is InChI=1S/C12H12ClNO/c1-14-7-8-2-3-9-5-10(15)6-12(13)11(9)4-8/h2-6,14-15H,7H2,1H3. The van der Waals surface area contributed by atoms with Gasteiger partial charge in [-0.3, -0.25) is 0 Å². The molecular weight excluding hydrogens is 210 g/mol. The highest BCUT2D eigenvalue weighted by atomic mass is 35.5. The number of fused-ring (bicyclic) bond motifs is 1. The predicted molar refractivity (Wildman–Crippen MR) is 63.4 cm³/mol. The molecule has 0 fully saturated rings. The predicted octanol–water partition coefficient (Wildman–Crippen LogP) is 2.92. The first kappa shape index (κ1) is 10.3. The van der Waals surface area contributed by atoms with Crippen molar-refractivity contribution in [3.63, 3.8) is 0 Å². The lowest BCUT2D eigenvalue weighted by Crippen LogP contribution is -2.04. The highest BCUT2D eigenvalue weighted by molar-refractivity contribution is 6.35. The Morgan fingerprint density at radius 2 is 2.07 bits per heavy atom. The average molecular weight is 222 g/mol. The molecule has 15 heavy (non-hydrogen) atoms. The van der Waals surface area contributed by atoms with Crippen molar-refractivity contribution in [2.24, 2.45) is 0 Å². The maximum absolute atomic E-state index is 9.39. The molecule has 0 spiro atoms. The SMILES string of the molecule is CNCc1ccc2cc(O)cc(Cl)c2c1. The molecule has 0 unspecified atom stereocenters. The van der Waals surface area contributed by atoms with Gasteiger partial charge in [-0.25, -0.2) is 0 Å². The summed E-state index contributed by atoms with van der Waals surface area (Å²) in [5, 5.41) is 15.0. The number of aromatic hydroxyl groups is 1. The third-order valence-corrected chi connectivity index (χ3v) is 2.65. The Labute approximate surface area is 93.5 Å². The molecule has 0 radical (unpaired) electrons. The van der Waals surface area contributed by atoms with Gasteiger partial charge in [0.15, 0.2) is 0 Å². The zero-order valence-corrected chi connectivity index (χ0v) is 9.17. The number of halogens is 1. The number of phenolic OH excluding ortho intramolecular Hbond substituents is 1. The Morgan fingerprint density at radius 1 is 1.27 bits per heavy atom. The average Bonchev–Trinajstić information content (AvgIpc) is 2.19. The fraction of sp³-hybridized carbons (Fsp3) is 0.167. The summed E-state index contributed by atoms with van der Waals surface area (Å²) in [6.07, 6.45) is 0. The second kappa shape index (κ2) is 4.09. The van der Waals surface area contributed by atoms with E-state index in [2.05, 4.69) is 5.32 Å². The van der Waals surface area contributed by atoms with Gasteiger partial charge in [0.05, 0.1) is 5.02 Å². The maximum atomic E-state index is 9.39. The minimum Gasteiger partial charge on any atom is -0.508 e. The summed E-state index contributed by atoms with van der Waals surface area (Å²) in [6, 6.07) is 9.30. The molecule has 2 rings (SSSR count). The molecule has 2 aromatic rings. The van der Waals surface area contributed by atoms with E-state index >= 15 is 0 Å². The van der Waals surface area contributed by atoms with Gasteiger partial charge in [-0.2, -0.15) is 0 Å². The molecule has 0 atom stereocenters. The molecule has 0 saturated heterocycles. The van der Waals surface area contributed by atoms with E-state index in [0.717, 1.165) is 17.3 Å². The van der Waals surface area contributed by atoms with Gasteiger partial charge in [0.2, 0.25) is 0 Å². The third kappa shape index (κ3) is 2.06. The second-order valence-corrected chi connectivity index (χ2v) is 3.92. The zero-order valence-electron chi connectivity index (χ0n) is 8.42. The number of rotatable bonds is 2. The van der Waals surface area contributed by atoms with Crippen LogP contribution in [-0.2, 0) is 6.54 Å². The van der Waals surface area contributed by atoms with Crippen LogP contribution in [0.2, 0.25) is 5.02 Å². The van der Waals surface area contributed by atoms with Gasteiger partial charge < -0.3 is 10.4 Å². The number of nitrogens with one attached hydrogen (secondary N) is 1. The molecule has 0 aliphatic rings. The fourth-order valence-corrected chi connectivity index (χ4v) is 1.93. The molecule has 3 heteroatoms. The summed E-state index contributed by atoms with van der Waals surface area (Å²) < 4.78 is 0. The van der Waals surface area contributed by atoms with Crippen molar-refractivity contribution >= 4 is 22.4 Å². The van der Waals surface area contributed by atoms with Crippen molar-refractivity contribution in [3.8, 4) is 5.75 Å². The summed E-state index contributed by atoms with van der Waals surface area (Å²) in [7, 11) is 1.91. The normalized spacial score (nSPS) is 10.8. The Balaban J connectivity index is 2.60. The first-order valence-corrected chi connectivity index (χ1v) is 5.14. The van der Waals surface area contributed by atoms with Gasteiger partial charge in [-0.15, -0.1) is 0 Å². The van der Waals surface area contributed by atoms with Crippen LogP contribution in [0, 0.1) is 0 Å². The highest BCUT2D eigenvalue weighted by Crippen LogP contribution is 2.29. The largest absolute Gasteiger partial charge is 0.508 e. The Hall–Kier alpha value is -1.25. The van der Waals surface area contributed by atoms with Gasteiger partial charge in [-0.1, -0.05) is 23.7 Å². The van der Waals surface area contributed by atoms with E-state index in [1.165, 1.54) is 5.56 Å². The molecule has 0 heterocycles. The Kier molecular flexibility index (Phi) is 2.80. The number of hydrogen-bond acceptors (Lipinski definition) is 2. The van der Waals surface area contributed by atoms with Crippen LogP contribution in [0.4, 0.5) is 0 Å². The van der Waals surface area contributed by atoms with Crippen molar-refractivity contribution in [2.75, 3.05) is 7.05 Å². The lowest BCUT2D eigenvalue weighted by atomic mass is 10.1. The highest BCUT2D eigenvalue weighted by Gasteiger charge is 2.02. The van der Waals surface area contributed by atoms with Gasteiger partial charge >= 0.3 is 0 Å². The molecular formula is C12H12ClNO. The topological polar surface area (TPSA) is 32.3 Å². The molecule has 0 aliphatic carbocycles. The van der Waals surface area contributed by atoms with E-state index in [-0.39, 0.29) is 5.75 Å². The van der Waals surface area contributed by atoms with Crippen molar-refractivity contribution in [2.45, 2.75) is 6.54 Å². The molecule has 0 saturated carbocycles. The molecule has 0 bridgehead atoms. The number of phenols is 1. The summed E-state index contributed by atoms with van der Waals surface area (Å²) in [6.45, 7) is 0.813. The van der Waals surface area contributed by atoms with Gasteiger partial charge in [0.1, 0.15) is 5.75 Å². The van der Waals surface area contributed by atoms with Crippen LogP contribution >= 0.6 is 11.6 Å². The van der Waals surface area contributed by atoms with Crippen LogP contribution in [-0.4, -0.2) is 12.2 Å². The first-order valence-electron chi connectivity index (χ1n) is 4.76. The number of hydrogen-bond donors (Lipinski definition) is 2. The summed E-state index contributed by atoms with van der Waals surface area (Å²) in [5.74, 6) is 0.203. The quantitative estimate of drug-likeness (QED) is 0.818. The van der Waals surface area contributed by atoms with E-state index in [1.807, 2.05) is 25.2 Å². The van der Waals surface area contributed by atoms with E-state index in [1.54, 1.807) is 12.1 Å². The molecule has 2 aromatic carbocycles. The minimum absolute atomic E-state index is 0.203. The molecule has 0 amide bonds. The first-order chi connectivity index (χ1) is 7.20. The lowest BCUT2D eigenvalue weighted by molar-refractivity contribution is 0.476. The van der Waals surface area contributed by atoms with Crippen molar-refractivity contribution < 1.29 is 5.11 Å². The van der Waals surface area contributed by atoms with Crippen molar-refractivity contribution in [1.29, 1.82) is 0 Å². The third-order valence-electron chi connectivity index (χ3n) is 2.33. The van der Waals surface area contributed by atoms with Gasteiger partial charge in [0, 0.05) is 11.9 Å². The van der Waals surface area contributed by atoms with Crippen molar-refractivity contribution in [3.05, 3.63) is 40.9 Å². The van der Waals surface area contributed by atoms with Gasteiger partial charge in [0.25, 0.3) is 0 Å². The van der Waals surface area contributed by atoms with Crippen LogP contribution in [0.15, 0.2) is 30.3 Å². The van der Waals surface area contributed by atoms with Crippen LogP contribution < -0.4 is 5.32 Å². The summed E-state index contributed by atoms with van der Waals surface area (Å²) in [5.41, 5.74) is 1.18. The van der Waals surface area contributed by atoms with Crippen molar-refractivity contribution in [1.82, 2.24) is 5.32 Å². The van der Waals surface area contributed by atoms with Crippen LogP contribution in [0.5, 0.6) is 5.75 Å². The molecule has 0 aromatic heterocycles. The van der Waals surface area contributed by atoms with Crippen LogP contribution in [0.1, 0.15) is 5.56 Å². The smallest absolute Gasteiger partial charge is 0.117 e. The number of benzene rings is 2. The molecule has 78 valence electrons. The van der Waals surface area contributed by atoms with Gasteiger partial charge in [-0.05, 0) is 36.2 Å². The molecule has 0 aliphatic heterocycles. The Morgan fingerprint density at radius 3 is 2.80 bits per heavy atom. The summed E-state index contributed by atoms with van der Waals surface area (Å²) in [4.78, 5) is 0. The molecule has 2 nitrogen and oxygen atoms in total. The fourth-order valence-electron chi connectivity index (χ4n) is 1.66. The van der Waals surface area contributed by atoms with E-state index < -0.39 is 0 Å². The minimum atomic E-state index is 0.203. The van der Waals surface area contributed by atoms with E-state index in [4.69, 9.17) is 11.6 Å². The lowest BCUT2D eigenvalue weighted by Gasteiger charge is -2.05. The van der Waals surface area contributed by atoms with Crippen LogP contribution in [0.25, 0.3) is 10.8 Å². The Bertz CT molecular complexity index is 496. The van der Waals surface area contributed by atoms with E-state index in [0.29, 0.717) is 5.02 Å². The monoisotopic (exact) mass is 221 g/mol. The van der Waals surface area contributed by atoms with Crippen LogP contribution in [0.3, 0.4) is 0 Å². The maximum Gasteiger partial charge on any atom is 0.117 e. The zero-order chi connectivity index (χ0) is 10.8. The molecule has 2 N–H and O–H groups in total.